The molecular formula is C12H22O4. The van der Waals surface area contributed by atoms with Crippen molar-refractivity contribution in [3.8, 4) is 0 Å². The summed E-state index contributed by atoms with van der Waals surface area (Å²) in [6.45, 7) is 9.22. The van der Waals surface area contributed by atoms with Crippen molar-refractivity contribution in [2.24, 2.45) is 5.41 Å². The van der Waals surface area contributed by atoms with Gasteiger partial charge in [0.2, 0.25) is 0 Å². The molecule has 4 nitrogen and oxygen atoms in total. The molecule has 0 aromatic carbocycles. The van der Waals surface area contributed by atoms with E-state index in [1.54, 1.807) is 13.8 Å². The first-order valence-electron chi connectivity index (χ1n) is 5.66. The molecule has 0 aliphatic rings. The van der Waals surface area contributed by atoms with Gasteiger partial charge < -0.3 is 9.47 Å². The van der Waals surface area contributed by atoms with Gasteiger partial charge in [0.25, 0.3) is 0 Å². The number of ether oxygens (including phenoxy) is 2. The van der Waals surface area contributed by atoms with E-state index in [0.717, 1.165) is 0 Å². The number of rotatable bonds is 6. The number of hydrogen-bond donors (Lipinski definition) is 0. The van der Waals surface area contributed by atoms with E-state index >= 15 is 0 Å². The van der Waals surface area contributed by atoms with Gasteiger partial charge in [0, 0.05) is 0 Å². The van der Waals surface area contributed by atoms with Crippen LogP contribution in [-0.2, 0) is 19.1 Å². The first-order chi connectivity index (χ1) is 7.29. The van der Waals surface area contributed by atoms with Gasteiger partial charge in [-0.05, 0) is 34.1 Å². The third kappa shape index (κ3) is 5.73. The van der Waals surface area contributed by atoms with E-state index in [-0.39, 0.29) is 31.1 Å². The minimum absolute atomic E-state index is 0.0911. The van der Waals surface area contributed by atoms with Crippen LogP contribution >= 0.6 is 0 Å². The van der Waals surface area contributed by atoms with Gasteiger partial charge in [-0.3, -0.25) is 9.59 Å². The minimum atomic E-state index is -0.484. The predicted octanol–water partition coefficient (Wildman–Crippen LogP) is 2.31. The van der Waals surface area contributed by atoms with E-state index in [9.17, 15) is 9.59 Å². The molecule has 0 unspecified atom stereocenters. The van der Waals surface area contributed by atoms with Gasteiger partial charge in [-0.2, -0.15) is 0 Å². The third-order valence-electron chi connectivity index (χ3n) is 2.34. The molecule has 0 radical (unpaired) electrons. The summed E-state index contributed by atoms with van der Waals surface area (Å²) < 4.78 is 9.92. The molecule has 4 heteroatoms. The maximum atomic E-state index is 11.5. The van der Waals surface area contributed by atoms with Crippen molar-refractivity contribution in [3.63, 3.8) is 0 Å². The Kier molecular flexibility index (Phi) is 6.08. The van der Waals surface area contributed by atoms with Gasteiger partial charge in [0.15, 0.2) is 0 Å². The zero-order chi connectivity index (χ0) is 12.8. The maximum Gasteiger partial charge on any atom is 0.311 e. The molecule has 0 bridgehead atoms. The zero-order valence-corrected chi connectivity index (χ0v) is 10.8. The topological polar surface area (TPSA) is 52.6 Å². The first-order valence-corrected chi connectivity index (χ1v) is 5.66. The van der Waals surface area contributed by atoms with E-state index in [2.05, 4.69) is 0 Å². The molecule has 0 spiro atoms. The van der Waals surface area contributed by atoms with Gasteiger partial charge in [-0.25, -0.2) is 0 Å². The molecule has 0 heterocycles. The van der Waals surface area contributed by atoms with Crippen LogP contribution in [0.25, 0.3) is 0 Å². The summed E-state index contributed by atoms with van der Waals surface area (Å²) in [7, 11) is 0. The Hall–Kier alpha value is -1.06. The molecule has 0 fully saturated rings. The van der Waals surface area contributed by atoms with Gasteiger partial charge in [0.05, 0.1) is 17.9 Å². The third-order valence-corrected chi connectivity index (χ3v) is 2.34. The second-order valence-corrected chi connectivity index (χ2v) is 4.66. The summed E-state index contributed by atoms with van der Waals surface area (Å²) in [6.07, 6.45) is 0.696. The zero-order valence-electron chi connectivity index (χ0n) is 10.8. The quantitative estimate of drug-likeness (QED) is 0.657. The fourth-order valence-electron chi connectivity index (χ4n) is 0.889. The molecule has 0 N–H and O–H groups in total. The van der Waals surface area contributed by atoms with E-state index in [0.29, 0.717) is 6.42 Å². The maximum absolute atomic E-state index is 11.5. The number of carbonyl (C=O) groups excluding carboxylic acids is 2. The van der Waals surface area contributed by atoms with Crippen LogP contribution in [0.3, 0.4) is 0 Å². The van der Waals surface area contributed by atoms with Crippen LogP contribution in [0, 0.1) is 5.41 Å². The number of hydrogen-bond acceptors (Lipinski definition) is 4. The average molecular weight is 230 g/mol. The fraction of sp³-hybridized carbons (Fsp3) is 0.833. The van der Waals surface area contributed by atoms with Crippen LogP contribution < -0.4 is 0 Å². The van der Waals surface area contributed by atoms with Crippen LogP contribution in [0.2, 0.25) is 0 Å². The van der Waals surface area contributed by atoms with Gasteiger partial charge in [-0.1, -0.05) is 6.92 Å². The van der Waals surface area contributed by atoms with Crippen molar-refractivity contribution in [1.29, 1.82) is 0 Å². The van der Waals surface area contributed by atoms with Crippen LogP contribution in [0.1, 0.15) is 47.5 Å². The summed E-state index contributed by atoms with van der Waals surface area (Å²) in [6, 6.07) is 0. The van der Waals surface area contributed by atoms with E-state index in [1.807, 2.05) is 20.8 Å². The Morgan fingerprint density at radius 3 is 2.25 bits per heavy atom. The molecule has 0 saturated heterocycles. The second-order valence-electron chi connectivity index (χ2n) is 4.66. The summed E-state index contributed by atoms with van der Waals surface area (Å²) in [5, 5.41) is 0. The Morgan fingerprint density at radius 1 is 1.25 bits per heavy atom. The van der Waals surface area contributed by atoms with Crippen molar-refractivity contribution < 1.29 is 19.1 Å². The lowest BCUT2D eigenvalue weighted by Crippen LogP contribution is -2.26. The summed E-state index contributed by atoms with van der Waals surface area (Å²) in [5.74, 6) is -0.607. The largest absolute Gasteiger partial charge is 0.465 e. The van der Waals surface area contributed by atoms with E-state index in [4.69, 9.17) is 9.47 Å². The molecule has 0 atom stereocenters. The normalized spacial score (nSPS) is 11.4. The van der Waals surface area contributed by atoms with Crippen LogP contribution in [-0.4, -0.2) is 24.6 Å². The highest BCUT2D eigenvalue weighted by Gasteiger charge is 2.27. The second kappa shape index (κ2) is 6.51. The van der Waals surface area contributed by atoms with Crippen molar-refractivity contribution in [3.05, 3.63) is 0 Å². The summed E-state index contributed by atoms with van der Waals surface area (Å²) in [4.78, 5) is 22.7. The number of esters is 2. The Bertz CT molecular complexity index is 243. The molecule has 0 saturated carbocycles. The molecule has 0 rings (SSSR count). The Balaban J connectivity index is 3.83. The minimum Gasteiger partial charge on any atom is -0.465 e. The smallest absolute Gasteiger partial charge is 0.311 e. The van der Waals surface area contributed by atoms with Crippen molar-refractivity contribution in [1.82, 2.24) is 0 Å². The lowest BCUT2D eigenvalue weighted by molar-refractivity contribution is -0.157. The molecule has 0 aromatic rings. The molecule has 0 amide bonds. The molecular weight excluding hydrogens is 208 g/mol. The highest BCUT2D eigenvalue weighted by atomic mass is 16.6. The van der Waals surface area contributed by atoms with E-state index in [1.165, 1.54) is 0 Å². The van der Waals surface area contributed by atoms with Gasteiger partial charge in [-0.15, -0.1) is 0 Å². The van der Waals surface area contributed by atoms with Crippen LogP contribution in [0.4, 0.5) is 0 Å². The van der Waals surface area contributed by atoms with Crippen LogP contribution in [0.5, 0.6) is 0 Å². The van der Waals surface area contributed by atoms with Crippen molar-refractivity contribution in [2.75, 3.05) is 6.61 Å². The Labute approximate surface area is 97.3 Å². The van der Waals surface area contributed by atoms with Crippen molar-refractivity contribution in [2.45, 2.75) is 53.6 Å². The monoisotopic (exact) mass is 230 g/mol. The molecule has 0 aliphatic heterocycles. The lowest BCUT2D eigenvalue weighted by Gasteiger charge is -2.20. The molecule has 0 aliphatic carbocycles. The van der Waals surface area contributed by atoms with Gasteiger partial charge >= 0.3 is 11.9 Å². The average Bonchev–Trinajstić information content (AvgIpc) is 2.16. The molecule has 16 heavy (non-hydrogen) atoms. The highest BCUT2D eigenvalue weighted by Crippen LogP contribution is 2.21. The highest BCUT2D eigenvalue weighted by molar-refractivity contribution is 5.76. The first kappa shape index (κ1) is 14.9. The standard InChI is InChI=1S/C12H22O4/c1-6-12(4,5)11(14)15-8-7-10(13)16-9(2)3/h9H,6-8H2,1-5H3. The molecule has 94 valence electrons. The number of carbonyl (C=O) groups is 2. The van der Waals surface area contributed by atoms with Crippen LogP contribution in [0.15, 0.2) is 0 Å². The SMILES string of the molecule is CCC(C)(C)C(=O)OCCC(=O)OC(C)C. The Morgan fingerprint density at radius 2 is 1.81 bits per heavy atom. The van der Waals surface area contributed by atoms with Crippen molar-refractivity contribution >= 4 is 11.9 Å². The predicted molar refractivity (Wildman–Crippen MR) is 60.9 cm³/mol. The summed E-state index contributed by atoms with van der Waals surface area (Å²) >= 11 is 0. The summed E-state index contributed by atoms with van der Waals surface area (Å²) in [5.41, 5.74) is -0.484. The van der Waals surface area contributed by atoms with Gasteiger partial charge in [0.1, 0.15) is 6.61 Å². The lowest BCUT2D eigenvalue weighted by atomic mass is 9.91. The van der Waals surface area contributed by atoms with E-state index < -0.39 is 5.41 Å². The fourth-order valence-corrected chi connectivity index (χ4v) is 0.889. The molecule has 0 aromatic heterocycles.